The van der Waals surface area contributed by atoms with E-state index in [1.807, 2.05) is 13.8 Å². The van der Waals surface area contributed by atoms with Gasteiger partial charge < -0.3 is 18.9 Å². The first-order valence-electron chi connectivity index (χ1n) is 7.51. The lowest BCUT2D eigenvalue weighted by atomic mass is 9.95. The fourth-order valence-corrected chi connectivity index (χ4v) is 3.67. The number of rotatable bonds is 1. The summed E-state index contributed by atoms with van der Waals surface area (Å²) in [6.45, 7) is 7.02. The number of anilines is 1. The van der Waals surface area contributed by atoms with E-state index in [1.165, 1.54) is 0 Å². The zero-order valence-corrected chi connectivity index (χ0v) is 13.2. The third-order valence-corrected chi connectivity index (χ3v) is 4.99. The molecule has 0 aromatic carbocycles. The van der Waals surface area contributed by atoms with Gasteiger partial charge in [-0.15, -0.1) is 0 Å². The van der Waals surface area contributed by atoms with Crippen LogP contribution in [-0.4, -0.2) is 51.4 Å². The largest absolute Gasteiger partial charge is 0.372 e. The maximum atomic E-state index is 6.17. The molecule has 1 unspecified atom stereocenters. The number of halogens is 1. The van der Waals surface area contributed by atoms with E-state index in [0.717, 1.165) is 42.5 Å². The van der Waals surface area contributed by atoms with Crippen LogP contribution in [0.25, 0.3) is 11.2 Å². The topological polar surface area (TPSA) is 65.3 Å². The molecular formula is C14H16ClN5O2. The van der Waals surface area contributed by atoms with Crippen LogP contribution in [0.4, 0.5) is 5.82 Å². The molecule has 2 aromatic rings. The number of hydrogen-bond acceptors (Lipinski definition) is 6. The van der Waals surface area contributed by atoms with Crippen molar-refractivity contribution in [3.05, 3.63) is 11.1 Å². The summed E-state index contributed by atoms with van der Waals surface area (Å²) in [5.74, 6) is 1.70. The normalized spacial score (nSPS) is 28.8. The molecule has 2 fully saturated rings. The molecule has 0 N–H and O–H groups in total. The monoisotopic (exact) mass is 321 g/mol. The van der Waals surface area contributed by atoms with Crippen molar-refractivity contribution >= 4 is 28.6 Å². The fourth-order valence-electron chi connectivity index (χ4n) is 3.51. The molecule has 116 valence electrons. The zero-order valence-electron chi connectivity index (χ0n) is 12.4. The van der Waals surface area contributed by atoms with Crippen LogP contribution < -0.4 is 4.90 Å². The van der Waals surface area contributed by atoms with Crippen molar-refractivity contribution < 1.29 is 9.47 Å². The highest BCUT2D eigenvalue weighted by molar-refractivity contribution is 6.28. The number of fused-ring (bicyclic) bond motifs is 4. The lowest BCUT2D eigenvalue weighted by Crippen LogP contribution is -2.71. The van der Waals surface area contributed by atoms with Gasteiger partial charge in [0.05, 0.1) is 25.4 Å². The third-order valence-electron chi connectivity index (χ3n) is 4.82. The van der Waals surface area contributed by atoms with Gasteiger partial charge in [-0.2, -0.15) is 9.97 Å². The summed E-state index contributed by atoms with van der Waals surface area (Å²) in [4.78, 5) is 15.9. The standard InChI is InChI=1S/C14H16ClN5O2/c1-14(2)12-16-9-10(19(12)3-4-22-14)17-13(15)18-11(9)20-5-8-7(20)6-21-8/h7-8H,3-6H2,1-2H3/t7?,8-/m1/s1. The van der Waals surface area contributed by atoms with Crippen LogP contribution in [0, 0.1) is 0 Å². The van der Waals surface area contributed by atoms with Gasteiger partial charge in [0.2, 0.25) is 5.28 Å². The van der Waals surface area contributed by atoms with E-state index in [1.54, 1.807) is 0 Å². The van der Waals surface area contributed by atoms with Gasteiger partial charge in [-0.1, -0.05) is 0 Å². The highest BCUT2D eigenvalue weighted by atomic mass is 35.5. The molecule has 8 heteroatoms. The number of morpholine rings is 1. The highest BCUT2D eigenvalue weighted by Gasteiger charge is 2.49. The summed E-state index contributed by atoms with van der Waals surface area (Å²) in [6, 6.07) is 0.400. The molecule has 3 aliphatic rings. The molecule has 2 saturated heterocycles. The molecule has 2 atom stereocenters. The summed E-state index contributed by atoms with van der Waals surface area (Å²) in [7, 11) is 0. The second kappa shape index (κ2) is 4.10. The van der Waals surface area contributed by atoms with Crippen molar-refractivity contribution in [2.45, 2.75) is 38.1 Å². The van der Waals surface area contributed by atoms with E-state index in [-0.39, 0.29) is 5.28 Å². The number of hydrogen-bond donors (Lipinski definition) is 0. The van der Waals surface area contributed by atoms with Crippen LogP contribution >= 0.6 is 11.6 Å². The maximum Gasteiger partial charge on any atom is 0.226 e. The van der Waals surface area contributed by atoms with E-state index >= 15 is 0 Å². The van der Waals surface area contributed by atoms with Crippen LogP contribution in [0.5, 0.6) is 0 Å². The Balaban J connectivity index is 1.72. The van der Waals surface area contributed by atoms with Crippen molar-refractivity contribution in [3.8, 4) is 0 Å². The zero-order chi connectivity index (χ0) is 15.1. The molecule has 0 aliphatic carbocycles. The van der Waals surface area contributed by atoms with Crippen molar-refractivity contribution in [1.82, 2.24) is 19.5 Å². The first-order chi connectivity index (χ1) is 10.5. The van der Waals surface area contributed by atoms with Gasteiger partial charge >= 0.3 is 0 Å². The van der Waals surface area contributed by atoms with Gasteiger partial charge in [0.25, 0.3) is 0 Å². The molecule has 0 radical (unpaired) electrons. The van der Waals surface area contributed by atoms with Crippen LogP contribution in [-0.2, 0) is 21.6 Å². The van der Waals surface area contributed by atoms with Gasteiger partial charge in [-0.3, -0.25) is 0 Å². The van der Waals surface area contributed by atoms with Crippen molar-refractivity contribution in [2.24, 2.45) is 0 Å². The van der Waals surface area contributed by atoms with Crippen LogP contribution in [0.1, 0.15) is 19.7 Å². The van der Waals surface area contributed by atoms with Crippen LogP contribution in [0.3, 0.4) is 0 Å². The molecular weight excluding hydrogens is 306 g/mol. The first kappa shape index (κ1) is 13.0. The molecule has 7 nitrogen and oxygen atoms in total. The van der Waals surface area contributed by atoms with Gasteiger partial charge in [-0.25, -0.2) is 4.98 Å². The summed E-state index contributed by atoms with van der Waals surface area (Å²) >= 11 is 6.17. The molecule has 0 saturated carbocycles. The number of nitrogens with zero attached hydrogens (tertiary/aromatic N) is 5. The van der Waals surface area contributed by atoms with E-state index < -0.39 is 5.60 Å². The predicted molar refractivity (Wildman–Crippen MR) is 80.2 cm³/mol. The Bertz CT molecular complexity index is 789. The van der Waals surface area contributed by atoms with Crippen molar-refractivity contribution in [1.29, 1.82) is 0 Å². The highest BCUT2D eigenvalue weighted by Crippen LogP contribution is 2.39. The minimum Gasteiger partial charge on any atom is -0.372 e. The molecule has 22 heavy (non-hydrogen) atoms. The first-order valence-corrected chi connectivity index (χ1v) is 7.89. The lowest BCUT2D eigenvalue weighted by molar-refractivity contribution is -0.113. The Morgan fingerprint density at radius 3 is 2.82 bits per heavy atom. The molecule has 3 aliphatic heterocycles. The molecule has 0 spiro atoms. The molecule has 2 aromatic heterocycles. The minimum absolute atomic E-state index is 0.262. The minimum atomic E-state index is -0.431. The van der Waals surface area contributed by atoms with E-state index in [0.29, 0.717) is 18.8 Å². The van der Waals surface area contributed by atoms with Gasteiger partial charge in [-0.05, 0) is 25.4 Å². The second-order valence-corrected chi connectivity index (χ2v) is 6.86. The number of imidazole rings is 1. The Kier molecular flexibility index (Phi) is 2.43. The SMILES string of the molecule is CC1(C)OCCn2c1nc1c(N3C[C@H]4OCC43)nc(Cl)nc12. The van der Waals surface area contributed by atoms with Crippen molar-refractivity contribution in [2.75, 3.05) is 24.7 Å². The predicted octanol–water partition coefficient (Wildman–Crippen LogP) is 1.33. The lowest BCUT2D eigenvalue weighted by Gasteiger charge is -2.55. The number of aromatic nitrogens is 4. The maximum absolute atomic E-state index is 6.17. The smallest absolute Gasteiger partial charge is 0.226 e. The third kappa shape index (κ3) is 1.56. The van der Waals surface area contributed by atoms with E-state index in [2.05, 4.69) is 19.4 Å². The Morgan fingerprint density at radius 1 is 1.27 bits per heavy atom. The van der Waals surface area contributed by atoms with Crippen LogP contribution in [0.15, 0.2) is 0 Å². The average molecular weight is 322 g/mol. The summed E-state index contributed by atoms with van der Waals surface area (Å²) in [6.07, 6.45) is 0.334. The summed E-state index contributed by atoms with van der Waals surface area (Å²) in [5.41, 5.74) is 1.17. The molecule has 5 heterocycles. The van der Waals surface area contributed by atoms with Gasteiger partial charge in [0.15, 0.2) is 17.0 Å². The summed E-state index contributed by atoms with van der Waals surface area (Å²) < 4.78 is 13.4. The van der Waals surface area contributed by atoms with Gasteiger partial charge in [0.1, 0.15) is 11.4 Å². The molecule has 5 rings (SSSR count). The molecule has 0 amide bonds. The fraction of sp³-hybridized carbons (Fsp3) is 0.643. The number of ether oxygens (including phenoxy) is 2. The van der Waals surface area contributed by atoms with Crippen molar-refractivity contribution in [3.63, 3.8) is 0 Å². The summed E-state index contributed by atoms with van der Waals surface area (Å²) in [5, 5.41) is 0.262. The average Bonchev–Trinajstić information content (AvgIpc) is 2.81. The van der Waals surface area contributed by atoms with Gasteiger partial charge in [0, 0.05) is 13.1 Å². The second-order valence-electron chi connectivity index (χ2n) is 6.53. The van der Waals surface area contributed by atoms with Crippen LogP contribution in [0.2, 0.25) is 5.28 Å². The van der Waals surface area contributed by atoms with E-state index in [9.17, 15) is 0 Å². The Labute approximate surface area is 132 Å². The Hall–Kier alpha value is -1.44. The quantitative estimate of drug-likeness (QED) is 0.738. The molecule has 0 bridgehead atoms. The van der Waals surface area contributed by atoms with E-state index in [4.69, 9.17) is 26.1 Å². The Morgan fingerprint density at radius 2 is 2.14 bits per heavy atom.